The van der Waals surface area contributed by atoms with Crippen LogP contribution in [0.1, 0.15) is 20.3 Å². The molecule has 0 saturated heterocycles. The van der Waals surface area contributed by atoms with E-state index in [0.29, 0.717) is 6.10 Å². The second kappa shape index (κ2) is 7.30. The fraction of sp³-hybridized carbons (Fsp3) is 1.00. The van der Waals surface area contributed by atoms with Gasteiger partial charge in [-0.05, 0) is 48.0 Å². The van der Waals surface area contributed by atoms with Gasteiger partial charge in [0.1, 0.15) is 0 Å². The predicted molar refractivity (Wildman–Crippen MR) is 56.9 cm³/mol. The van der Waals surface area contributed by atoms with E-state index < -0.39 is 0 Å². The molecule has 13 heavy (non-hydrogen) atoms. The van der Waals surface area contributed by atoms with Gasteiger partial charge in [0.2, 0.25) is 0 Å². The molecular formula is C10H24N2O. The number of rotatable bonds is 7. The fourth-order valence-corrected chi connectivity index (χ4v) is 0.998. The summed E-state index contributed by atoms with van der Waals surface area (Å²) >= 11 is 0. The average molecular weight is 188 g/mol. The van der Waals surface area contributed by atoms with Gasteiger partial charge in [0, 0.05) is 6.54 Å². The Labute approximate surface area is 82.7 Å². The molecule has 0 aromatic heterocycles. The van der Waals surface area contributed by atoms with Crippen molar-refractivity contribution in [3.05, 3.63) is 0 Å². The van der Waals surface area contributed by atoms with Crippen molar-refractivity contribution in [1.82, 2.24) is 9.80 Å². The number of ether oxygens (including phenoxy) is 1. The lowest BCUT2D eigenvalue weighted by Gasteiger charge is -2.19. The molecule has 0 aromatic carbocycles. The molecular weight excluding hydrogens is 164 g/mol. The Balaban J connectivity index is 3.25. The van der Waals surface area contributed by atoms with E-state index in [1.54, 1.807) is 0 Å². The second-order valence-electron chi connectivity index (χ2n) is 4.08. The topological polar surface area (TPSA) is 15.7 Å². The minimum atomic E-state index is 0.330. The summed E-state index contributed by atoms with van der Waals surface area (Å²) in [6, 6.07) is 0. The molecule has 0 atom stereocenters. The highest BCUT2D eigenvalue weighted by Gasteiger charge is 1.99. The molecule has 0 aromatic rings. The Morgan fingerprint density at radius 3 is 2.15 bits per heavy atom. The van der Waals surface area contributed by atoms with Gasteiger partial charge >= 0.3 is 0 Å². The first-order valence-electron chi connectivity index (χ1n) is 4.97. The van der Waals surface area contributed by atoms with E-state index in [2.05, 4.69) is 44.8 Å². The number of nitrogens with zero attached hydrogens (tertiary/aromatic N) is 2. The van der Waals surface area contributed by atoms with Crippen LogP contribution in [0.3, 0.4) is 0 Å². The smallest absolute Gasteiger partial charge is 0.0991 e. The van der Waals surface area contributed by atoms with Crippen LogP contribution in [0.2, 0.25) is 0 Å². The van der Waals surface area contributed by atoms with Crippen LogP contribution in [-0.4, -0.2) is 56.9 Å². The molecule has 80 valence electrons. The summed E-state index contributed by atoms with van der Waals surface area (Å²) in [6.07, 6.45) is 1.53. The first-order valence-corrected chi connectivity index (χ1v) is 4.97. The summed E-state index contributed by atoms with van der Waals surface area (Å²) in [5, 5.41) is 0. The van der Waals surface area contributed by atoms with Crippen LogP contribution in [0, 0.1) is 0 Å². The summed E-state index contributed by atoms with van der Waals surface area (Å²) < 4.78 is 5.47. The summed E-state index contributed by atoms with van der Waals surface area (Å²) in [4.78, 5) is 4.42. The molecule has 0 rings (SSSR count). The van der Waals surface area contributed by atoms with Crippen molar-refractivity contribution in [3.63, 3.8) is 0 Å². The Morgan fingerprint density at radius 2 is 1.69 bits per heavy atom. The zero-order valence-corrected chi connectivity index (χ0v) is 9.71. The molecule has 0 saturated carbocycles. The Kier molecular flexibility index (Phi) is 7.23. The minimum absolute atomic E-state index is 0.330. The van der Waals surface area contributed by atoms with Crippen LogP contribution in [0.5, 0.6) is 0 Å². The lowest BCUT2D eigenvalue weighted by molar-refractivity contribution is 0.00393. The van der Waals surface area contributed by atoms with Crippen molar-refractivity contribution in [1.29, 1.82) is 0 Å². The van der Waals surface area contributed by atoms with Gasteiger partial charge in [-0.1, -0.05) is 0 Å². The molecule has 0 aliphatic rings. The quantitative estimate of drug-likeness (QED) is 0.559. The molecule has 0 amide bonds. The molecule has 0 unspecified atom stereocenters. The normalized spacial score (nSPS) is 12.0. The number of hydrogen-bond acceptors (Lipinski definition) is 3. The van der Waals surface area contributed by atoms with Crippen LogP contribution < -0.4 is 0 Å². The van der Waals surface area contributed by atoms with Gasteiger partial charge in [-0.2, -0.15) is 0 Å². The first-order chi connectivity index (χ1) is 6.02. The zero-order valence-electron chi connectivity index (χ0n) is 9.71. The lowest BCUT2D eigenvalue weighted by atomic mass is 10.4. The van der Waals surface area contributed by atoms with E-state index in [1.807, 2.05) is 0 Å². The van der Waals surface area contributed by atoms with Crippen molar-refractivity contribution in [2.45, 2.75) is 26.4 Å². The summed E-state index contributed by atoms with van der Waals surface area (Å²) in [7, 11) is 6.30. The highest BCUT2D eigenvalue weighted by molar-refractivity contribution is 4.50. The molecule has 0 N–H and O–H groups in total. The Hall–Kier alpha value is -0.120. The molecule has 0 aliphatic carbocycles. The lowest BCUT2D eigenvalue weighted by Crippen LogP contribution is -2.27. The third-order valence-electron chi connectivity index (χ3n) is 1.77. The van der Waals surface area contributed by atoms with Crippen LogP contribution in [0.4, 0.5) is 0 Å². The van der Waals surface area contributed by atoms with Crippen LogP contribution in [-0.2, 0) is 4.74 Å². The third kappa shape index (κ3) is 9.80. The SMILES string of the molecule is CC(C)OCN(C)CCCN(C)C. The van der Waals surface area contributed by atoms with Gasteiger partial charge in [0.05, 0.1) is 12.8 Å². The maximum atomic E-state index is 5.47. The van der Waals surface area contributed by atoms with E-state index >= 15 is 0 Å². The number of hydrogen-bond donors (Lipinski definition) is 0. The molecule has 0 bridgehead atoms. The van der Waals surface area contributed by atoms with Gasteiger partial charge in [0.15, 0.2) is 0 Å². The highest BCUT2D eigenvalue weighted by atomic mass is 16.5. The van der Waals surface area contributed by atoms with Gasteiger partial charge < -0.3 is 9.64 Å². The Morgan fingerprint density at radius 1 is 1.08 bits per heavy atom. The van der Waals surface area contributed by atoms with Crippen molar-refractivity contribution in [2.75, 3.05) is 41.0 Å². The molecule has 3 nitrogen and oxygen atoms in total. The first kappa shape index (κ1) is 12.9. The molecule has 0 aliphatic heterocycles. The van der Waals surface area contributed by atoms with Crippen molar-refractivity contribution >= 4 is 0 Å². The maximum absolute atomic E-state index is 5.47. The second-order valence-corrected chi connectivity index (χ2v) is 4.08. The van der Waals surface area contributed by atoms with Gasteiger partial charge in [-0.3, -0.25) is 4.90 Å². The van der Waals surface area contributed by atoms with Gasteiger partial charge in [-0.25, -0.2) is 0 Å². The van der Waals surface area contributed by atoms with Gasteiger partial charge in [0.25, 0.3) is 0 Å². The third-order valence-corrected chi connectivity index (χ3v) is 1.77. The molecule has 3 heteroatoms. The van der Waals surface area contributed by atoms with E-state index in [1.165, 1.54) is 6.42 Å². The summed E-state index contributed by atoms with van der Waals surface area (Å²) in [6.45, 7) is 7.11. The van der Waals surface area contributed by atoms with Crippen LogP contribution >= 0.6 is 0 Å². The van der Waals surface area contributed by atoms with Crippen LogP contribution in [0.15, 0.2) is 0 Å². The fourth-order valence-electron chi connectivity index (χ4n) is 0.998. The minimum Gasteiger partial charge on any atom is -0.363 e. The molecule has 0 radical (unpaired) electrons. The van der Waals surface area contributed by atoms with Crippen molar-refractivity contribution in [3.8, 4) is 0 Å². The van der Waals surface area contributed by atoms with Crippen LogP contribution in [0.25, 0.3) is 0 Å². The summed E-state index contributed by atoms with van der Waals surface area (Å²) in [5.41, 5.74) is 0. The van der Waals surface area contributed by atoms with E-state index in [4.69, 9.17) is 4.74 Å². The largest absolute Gasteiger partial charge is 0.363 e. The zero-order chi connectivity index (χ0) is 10.3. The maximum Gasteiger partial charge on any atom is 0.0991 e. The average Bonchev–Trinajstić information content (AvgIpc) is 2.00. The standard InChI is InChI=1S/C10H24N2O/c1-10(2)13-9-12(5)8-6-7-11(3)4/h10H,6-9H2,1-5H3. The molecule has 0 spiro atoms. The monoisotopic (exact) mass is 188 g/mol. The molecule has 0 fully saturated rings. The highest BCUT2D eigenvalue weighted by Crippen LogP contribution is 1.93. The van der Waals surface area contributed by atoms with Crippen molar-refractivity contribution in [2.24, 2.45) is 0 Å². The van der Waals surface area contributed by atoms with E-state index in [9.17, 15) is 0 Å². The van der Waals surface area contributed by atoms with Crippen molar-refractivity contribution < 1.29 is 4.74 Å². The van der Waals surface area contributed by atoms with E-state index in [-0.39, 0.29) is 0 Å². The van der Waals surface area contributed by atoms with Gasteiger partial charge in [-0.15, -0.1) is 0 Å². The predicted octanol–water partition coefficient (Wildman–Crippen LogP) is 1.25. The Bertz CT molecular complexity index is 115. The summed E-state index contributed by atoms with van der Waals surface area (Å²) in [5.74, 6) is 0. The molecule has 0 heterocycles. The van der Waals surface area contributed by atoms with E-state index in [0.717, 1.165) is 19.8 Å².